The summed E-state index contributed by atoms with van der Waals surface area (Å²) in [6, 6.07) is 4.55. The molecule has 1 heterocycles. The first-order valence-corrected chi connectivity index (χ1v) is 8.06. The molecule has 0 radical (unpaired) electrons. The highest BCUT2D eigenvalue weighted by atomic mass is 32.1. The number of carbonyl (C=O) groups excluding carboxylic acids is 1. The monoisotopic (exact) mass is 263 g/mol. The smallest absolute Gasteiger partial charge is 0.223 e. The molecule has 2 fully saturated rings. The van der Waals surface area contributed by atoms with Gasteiger partial charge in [0, 0.05) is 10.8 Å². The highest BCUT2D eigenvalue weighted by Gasteiger charge is 2.32. The van der Waals surface area contributed by atoms with Gasteiger partial charge >= 0.3 is 0 Å². The lowest BCUT2D eigenvalue weighted by Gasteiger charge is -2.29. The van der Waals surface area contributed by atoms with Crippen molar-refractivity contribution in [1.82, 2.24) is 5.32 Å². The molecule has 2 nitrogen and oxygen atoms in total. The maximum Gasteiger partial charge on any atom is 0.223 e. The van der Waals surface area contributed by atoms with E-state index in [4.69, 9.17) is 0 Å². The number of hydrogen-bond acceptors (Lipinski definition) is 2. The second-order valence-corrected chi connectivity index (χ2v) is 6.65. The summed E-state index contributed by atoms with van der Waals surface area (Å²) >= 11 is 1.78. The Balaban J connectivity index is 1.70. The lowest BCUT2D eigenvalue weighted by Crippen LogP contribution is -2.39. The molecule has 2 saturated carbocycles. The Morgan fingerprint density at radius 3 is 2.56 bits per heavy atom. The number of nitrogens with one attached hydrogen (secondary N) is 1. The third-order valence-electron chi connectivity index (χ3n) is 4.49. The van der Waals surface area contributed by atoms with Crippen LogP contribution in [0.3, 0.4) is 0 Å². The van der Waals surface area contributed by atoms with Crippen LogP contribution in [0.1, 0.15) is 55.9 Å². The van der Waals surface area contributed by atoms with E-state index < -0.39 is 0 Å². The molecule has 0 saturated heterocycles. The zero-order chi connectivity index (χ0) is 12.4. The number of carbonyl (C=O) groups is 1. The van der Waals surface area contributed by atoms with Gasteiger partial charge in [-0.15, -0.1) is 11.3 Å². The summed E-state index contributed by atoms with van der Waals surface area (Å²) < 4.78 is 0. The van der Waals surface area contributed by atoms with E-state index in [0.29, 0.717) is 17.7 Å². The Morgan fingerprint density at radius 2 is 2.00 bits per heavy atom. The molecule has 98 valence electrons. The van der Waals surface area contributed by atoms with Crippen molar-refractivity contribution in [3.63, 3.8) is 0 Å². The SMILES string of the molecule is O=C(N[C@@H](c1cccs1)C1CCCC1)C1CCC1. The number of amides is 1. The predicted molar refractivity (Wildman–Crippen MR) is 74.5 cm³/mol. The van der Waals surface area contributed by atoms with Crippen molar-refractivity contribution in [2.75, 3.05) is 0 Å². The molecule has 18 heavy (non-hydrogen) atoms. The Bertz CT molecular complexity index is 391. The van der Waals surface area contributed by atoms with E-state index in [1.165, 1.54) is 37.0 Å². The second kappa shape index (κ2) is 5.43. The molecular weight excluding hydrogens is 242 g/mol. The van der Waals surface area contributed by atoms with Crippen molar-refractivity contribution >= 4 is 17.2 Å². The van der Waals surface area contributed by atoms with Gasteiger partial charge < -0.3 is 5.32 Å². The zero-order valence-electron chi connectivity index (χ0n) is 10.7. The first-order valence-electron chi connectivity index (χ1n) is 7.18. The fraction of sp³-hybridized carbons (Fsp3) is 0.667. The van der Waals surface area contributed by atoms with Gasteiger partial charge in [-0.05, 0) is 43.0 Å². The Morgan fingerprint density at radius 1 is 1.22 bits per heavy atom. The van der Waals surface area contributed by atoms with E-state index in [1.54, 1.807) is 11.3 Å². The summed E-state index contributed by atoms with van der Waals surface area (Å²) in [7, 11) is 0. The van der Waals surface area contributed by atoms with Crippen LogP contribution >= 0.6 is 11.3 Å². The molecule has 0 unspecified atom stereocenters. The van der Waals surface area contributed by atoms with Crippen LogP contribution in [0.4, 0.5) is 0 Å². The number of hydrogen-bond donors (Lipinski definition) is 1. The average molecular weight is 263 g/mol. The third kappa shape index (κ3) is 2.46. The first-order chi connectivity index (χ1) is 8.84. The third-order valence-corrected chi connectivity index (χ3v) is 5.45. The summed E-state index contributed by atoms with van der Waals surface area (Å²) in [4.78, 5) is 13.5. The second-order valence-electron chi connectivity index (χ2n) is 5.67. The van der Waals surface area contributed by atoms with E-state index in [1.807, 2.05) is 0 Å². The molecule has 1 amide bonds. The van der Waals surface area contributed by atoms with Crippen molar-refractivity contribution in [2.45, 2.75) is 51.0 Å². The van der Waals surface area contributed by atoms with E-state index in [-0.39, 0.29) is 6.04 Å². The van der Waals surface area contributed by atoms with Crippen molar-refractivity contribution in [2.24, 2.45) is 11.8 Å². The minimum Gasteiger partial charge on any atom is -0.348 e. The molecular formula is C15H21NOS. The standard InChI is InChI=1S/C15H21NOS/c17-15(12-7-3-8-12)16-14(11-5-1-2-6-11)13-9-4-10-18-13/h4,9-12,14H,1-3,5-8H2,(H,16,17)/t14-/m1/s1. The predicted octanol–water partition coefficient (Wildman–Crippen LogP) is 3.90. The van der Waals surface area contributed by atoms with Crippen molar-refractivity contribution in [1.29, 1.82) is 0 Å². The van der Waals surface area contributed by atoms with Crippen molar-refractivity contribution < 1.29 is 4.79 Å². The molecule has 1 atom stereocenters. The molecule has 0 aromatic carbocycles. The van der Waals surface area contributed by atoms with Gasteiger partial charge in [0.2, 0.25) is 5.91 Å². The maximum absolute atomic E-state index is 12.2. The highest BCUT2D eigenvalue weighted by Crippen LogP contribution is 2.38. The van der Waals surface area contributed by atoms with Gasteiger partial charge in [-0.2, -0.15) is 0 Å². The van der Waals surface area contributed by atoms with Crippen LogP contribution in [0.5, 0.6) is 0 Å². The Labute approximate surface area is 113 Å². The van der Waals surface area contributed by atoms with E-state index in [2.05, 4.69) is 22.8 Å². The summed E-state index contributed by atoms with van der Waals surface area (Å²) in [6.07, 6.45) is 8.60. The molecule has 0 aliphatic heterocycles. The molecule has 3 heteroatoms. The molecule has 1 aromatic rings. The fourth-order valence-electron chi connectivity index (χ4n) is 3.12. The van der Waals surface area contributed by atoms with Crippen LogP contribution in [-0.2, 0) is 4.79 Å². The molecule has 2 aliphatic carbocycles. The highest BCUT2D eigenvalue weighted by molar-refractivity contribution is 7.10. The lowest BCUT2D eigenvalue weighted by atomic mass is 9.84. The minimum absolute atomic E-state index is 0.278. The summed E-state index contributed by atoms with van der Waals surface area (Å²) in [6.45, 7) is 0. The summed E-state index contributed by atoms with van der Waals surface area (Å²) in [5.74, 6) is 1.26. The topological polar surface area (TPSA) is 29.1 Å². The fourth-order valence-corrected chi connectivity index (χ4v) is 3.99. The lowest BCUT2D eigenvalue weighted by molar-refractivity contribution is -0.128. The van der Waals surface area contributed by atoms with Crippen LogP contribution in [0.15, 0.2) is 17.5 Å². The number of rotatable bonds is 4. The molecule has 3 rings (SSSR count). The Hall–Kier alpha value is -0.830. The van der Waals surface area contributed by atoms with Gasteiger partial charge in [-0.3, -0.25) is 4.79 Å². The van der Waals surface area contributed by atoms with Crippen LogP contribution in [0.2, 0.25) is 0 Å². The molecule has 1 aromatic heterocycles. The minimum atomic E-state index is 0.278. The normalized spacial score (nSPS) is 22.7. The van der Waals surface area contributed by atoms with E-state index >= 15 is 0 Å². The van der Waals surface area contributed by atoms with Gasteiger partial charge in [0.1, 0.15) is 0 Å². The van der Waals surface area contributed by atoms with E-state index in [9.17, 15) is 4.79 Å². The van der Waals surface area contributed by atoms with Gasteiger partial charge in [-0.25, -0.2) is 0 Å². The Kier molecular flexibility index (Phi) is 3.69. The van der Waals surface area contributed by atoms with Crippen molar-refractivity contribution in [3.8, 4) is 0 Å². The molecule has 2 aliphatic rings. The molecule has 0 bridgehead atoms. The summed E-state index contributed by atoms with van der Waals surface area (Å²) in [5.41, 5.74) is 0. The van der Waals surface area contributed by atoms with Gasteiger partial charge in [0.25, 0.3) is 0 Å². The number of thiophene rings is 1. The van der Waals surface area contributed by atoms with Crippen molar-refractivity contribution in [3.05, 3.63) is 22.4 Å². The van der Waals surface area contributed by atoms with Crippen LogP contribution < -0.4 is 5.32 Å². The summed E-state index contributed by atoms with van der Waals surface area (Å²) in [5, 5.41) is 5.45. The first kappa shape index (κ1) is 12.2. The molecule has 1 N–H and O–H groups in total. The maximum atomic E-state index is 12.2. The van der Waals surface area contributed by atoms with Crippen LogP contribution in [0, 0.1) is 11.8 Å². The van der Waals surface area contributed by atoms with Crippen LogP contribution in [0.25, 0.3) is 0 Å². The van der Waals surface area contributed by atoms with E-state index in [0.717, 1.165) is 12.8 Å². The molecule has 0 spiro atoms. The van der Waals surface area contributed by atoms with Crippen LogP contribution in [-0.4, -0.2) is 5.91 Å². The van der Waals surface area contributed by atoms with Gasteiger partial charge in [0.05, 0.1) is 6.04 Å². The van der Waals surface area contributed by atoms with Gasteiger partial charge in [0.15, 0.2) is 0 Å². The largest absolute Gasteiger partial charge is 0.348 e. The van der Waals surface area contributed by atoms with Gasteiger partial charge in [-0.1, -0.05) is 25.3 Å². The average Bonchev–Trinajstić information content (AvgIpc) is 2.97. The quantitative estimate of drug-likeness (QED) is 0.877. The zero-order valence-corrected chi connectivity index (χ0v) is 11.5.